The van der Waals surface area contributed by atoms with Crippen molar-refractivity contribution in [2.24, 2.45) is 0 Å². The van der Waals surface area contributed by atoms with Crippen LogP contribution >= 0.6 is 0 Å². The fraction of sp³-hybridized carbons (Fsp3) is 1.00. The van der Waals surface area contributed by atoms with Crippen LogP contribution in [-0.4, -0.2) is 39.0 Å². The first-order valence-corrected chi connectivity index (χ1v) is 3.67. The summed E-state index contributed by atoms with van der Waals surface area (Å²) in [5, 5.41) is 3.32. The second-order valence-corrected chi connectivity index (χ2v) is 2.69. The van der Waals surface area contributed by atoms with E-state index in [0.29, 0.717) is 12.1 Å². The van der Waals surface area contributed by atoms with Gasteiger partial charge in [-0.3, -0.25) is 0 Å². The van der Waals surface area contributed by atoms with Gasteiger partial charge in [-0.15, -0.1) is 0 Å². The molecule has 60 valence electrons. The average molecular weight is 145 g/mol. The highest BCUT2D eigenvalue weighted by Gasteiger charge is 2.17. The van der Waals surface area contributed by atoms with Crippen LogP contribution in [0.15, 0.2) is 0 Å². The number of methoxy groups -OCH3 is 1. The van der Waals surface area contributed by atoms with E-state index in [4.69, 9.17) is 9.47 Å². The zero-order valence-electron chi connectivity index (χ0n) is 6.59. The fourth-order valence-electron chi connectivity index (χ4n) is 0.770. The Labute approximate surface area is 61.7 Å². The summed E-state index contributed by atoms with van der Waals surface area (Å²) in [4.78, 5) is 0. The van der Waals surface area contributed by atoms with Crippen LogP contribution in [0.25, 0.3) is 0 Å². The number of nitrogens with one attached hydrogen (secondary N) is 1. The normalized spacial score (nSPS) is 22.2. The molecule has 3 heteroatoms. The monoisotopic (exact) mass is 145 g/mol. The molecule has 0 aromatic rings. The molecule has 1 atom stereocenters. The summed E-state index contributed by atoms with van der Waals surface area (Å²) in [5.74, 6) is 0. The van der Waals surface area contributed by atoms with E-state index in [1.54, 1.807) is 7.11 Å². The first kappa shape index (κ1) is 7.98. The van der Waals surface area contributed by atoms with Crippen LogP contribution in [-0.2, 0) is 9.47 Å². The Morgan fingerprint density at radius 1 is 1.70 bits per heavy atom. The van der Waals surface area contributed by atoms with E-state index >= 15 is 0 Å². The van der Waals surface area contributed by atoms with Crippen LogP contribution in [0.5, 0.6) is 0 Å². The molecule has 0 aromatic carbocycles. The molecule has 10 heavy (non-hydrogen) atoms. The molecule has 1 fully saturated rings. The standard InChI is InChI=1S/C7H15NO2/c1-6(9-2)3-8-7-4-10-5-7/h6-8H,3-5H2,1-2H3. The second-order valence-electron chi connectivity index (χ2n) is 2.69. The van der Waals surface area contributed by atoms with E-state index in [2.05, 4.69) is 5.32 Å². The largest absolute Gasteiger partial charge is 0.380 e. The van der Waals surface area contributed by atoms with Crippen LogP contribution < -0.4 is 5.32 Å². The zero-order valence-corrected chi connectivity index (χ0v) is 6.59. The van der Waals surface area contributed by atoms with E-state index in [1.165, 1.54) is 0 Å². The van der Waals surface area contributed by atoms with E-state index < -0.39 is 0 Å². The van der Waals surface area contributed by atoms with Gasteiger partial charge in [0, 0.05) is 13.7 Å². The van der Waals surface area contributed by atoms with Gasteiger partial charge in [-0.1, -0.05) is 0 Å². The minimum absolute atomic E-state index is 0.306. The highest BCUT2D eigenvalue weighted by atomic mass is 16.5. The van der Waals surface area contributed by atoms with Crippen LogP contribution in [0.3, 0.4) is 0 Å². The van der Waals surface area contributed by atoms with Crippen molar-refractivity contribution in [3.8, 4) is 0 Å². The molecule has 1 aliphatic rings. The molecule has 3 nitrogen and oxygen atoms in total. The zero-order chi connectivity index (χ0) is 7.40. The molecule has 0 amide bonds. The Kier molecular flexibility index (Phi) is 3.12. The lowest BCUT2D eigenvalue weighted by molar-refractivity contribution is -0.0111. The van der Waals surface area contributed by atoms with Gasteiger partial charge in [0.2, 0.25) is 0 Å². The molecule has 0 aromatic heterocycles. The van der Waals surface area contributed by atoms with Crippen molar-refractivity contribution in [3.63, 3.8) is 0 Å². The molecule has 1 rings (SSSR count). The Bertz CT molecular complexity index is 88.9. The van der Waals surface area contributed by atoms with Gasteiger partial charge in [0.15, 0.2) is 0 Å². The molecular weight excluding hydrogens is 130 g/mol. The van der Waals surface area contributed by atoms with Crippen molar-refractivity contribution in [2.75, 3.05) is 26.9 Å². The highest BCUT2D eigenvalue weighted by molar-refractivity contribution is 4.73. The van der Waals surface area contributed by atoms with Crippen molar-refractivity contribution in [1.29, 1.82) is 0 Å². The summed E-state index contributed by atoms with van der Waals surface area (Å²) in [5.41, 5.74) is 0. The molecule has 0 bridgehead atoms. The summed E-state index contributed by atoms with van der Waals surface area (Å²) < 4.78 is 10.1. The summed E-state index contributed by atoms with van der Waals surface area (Å²) in [7, 11) is 1.73. The Balaban J connectivity index is 1.93. The summed E-state index contributed by atoms with van der Waals surface area (Å²) in [6.45, 7) is 4.68. The lowest BCUT2D eigenvalue weighted by atomic mass is 10.2. The maximum atomic E-state index is 5.07. The maximum absolute atomic E-state index is 5.07. The van der Waals surface area contributed by atoms with E-state index in [0.717, 1.165) is 19.8 Å². The number of rotatable bonds is 4. The number of ether oxygens (including phenoxy) is 2. The van der Waals surface area contributed by atoms with Gasteiger partial charge in [-0.25, -0.2) is 0 Å². The van der Waals surface area contributed by atoms with Crippen molar-refractivity contribution in [2.45, 2.75) is 19.1 Å². The first-order valence-electron chi connectivity index (χ1n) is 3.67. The maximum Gasteiger partial charge on any atom is 0.0667 e. The molecule has 1 heterocycles. The minimum atomic E-state index is 0.306. The fourth-order valence-corrected chi connectivity index (χ4v) is 0.770. The van der Waals surface area contributed by atoms with E-state index in [9.17, 15) is 0 Å². The molecule has 1 unspecified atom stereocenters. The SMILES string of the molecule is COC(C)CNC1COC1. The smallest absolute Gasteiger partial charge is 0.0667 e. The van der Waals surface area contributed by atoms with E-state index in [-0.39, 0.29) is 0 Å². The summed E-state index contributed by atoms with van der Waals surface area (Å²) >= 11 is 0. The molecule has 0 spiro atoms. The van der Waals surface area contributed by atoms with Crippen LogP contribution in [0.2, 0.25) is 0 Å². The average Bonchev–Trinajstić information content (AvgIpc) is 1.84. The van der Waals surface area contributed by atoms with Crippen LogP contribution in [0.4, 0.5) is 0 Å². The van der Waals surface area contributed by atoms with Crippen LogP contribution in [0, 0.1) is 0 Å². The molecule has 1 N–H and O–H groups in total. The Morgan fingerprint density at radius 2 is 2.40 bits per heavy atom. The van der Waals surface area contributed by atoms with Crippen molar-refractivity contribution in [1.82, 2.24) is 5.32 Å². The Morgan fingerprint density at radius 3 is 2.80 bits per heavy atom. The van der Waals surface area contributed by atoms with E-state index in [1.807, 2.05) is 6.92 Å². The second kappa shape index (κ2) is 3.91. The summed E-state index contributed by atoms with van der Waals surface area (Å²) in [6.07, 6.45) is 0.306. The third-order valence-electron chi connectivity index (χ3n) is 1.73. The van der Waals surface area contributed by atoms with Crippen molar-refractivity contribution >= 4 is 0 Å². The summed E-state index contributed by atoms with van der Waals surface area (Å²) in [6, 6.07) is 0.567. The lowest BCUT2D eigenvalue weighted by Gasteiger charge is -2.27. The molecule has 1 aliphatic heterocycles. The minimum Gasteiger partial charge on any atom is -0.380 e. The molecule has 0 aliphatic carbocycles. The van der Waals surface area contributed by atoms with Crippen molar-refractivity contribution in [3.05, 3.63) is 0 Å². The van der Waals surface area contributed by atoms with Gasteiger partial charge >= 0.3 is 0 Å². The van der Waals surface area contributed by atoms with Gasteiger partial charge in [-0.05, 0) is 6.92 Å². The predicted molar refractivity (Wildman–Crippen MR) is 39.1 cm³/mol. The lowest BCUT2D eigenvalue weighted by Crippen LogP contribution is -2.48. The third kappa shape index (κ3) is 2.25. The molecule has 1 saturated heterocycles. The van der Waals surface area contributed by atoms with Gasteiger partial charge < -0.3 is 14.8 Å². The highest BCUT2D eigenvalue weighted by Crippen LogP contribution is 1.99. The van der Waals surface area contributed by atoms with Gasteiger partial charge in [0.1, 0.15) is 0 Å². The van der Waals surface area contributed by atoms with Gasteiger partial charge in [-0.2, -0.15) is 0 Å². The third-order valence-corrected chi connectivity index (χ3v) is 1.73. The molecule has 0 saturated carbocycles. The molecule has 0 radical (unpaired) electrons. The molecular formula is C7H15NO2. The van der Waals surface area contributed by atoms with Crippen molar-refractivity contribution < 1.29 is 9.47 Å². The first-order chi connectivity index (χ1) is 4.83. The number of hydrogen-bond acceptors (Lipinski definition) is 3. The topological polar surface area (TPSA) is 30.5 Å². The van der Waals surface area contributed by atoms with Crippen LogP contribution in [0.1, 0.15) is 6.92 Å². The van der Waals surface area contributed by atoms with Gasteiger partial charge in [0.05, 0.1) is 25.4 Å². The predicted octanol–water partition coefficient (Wildman–Crippen LogP) is 0.00970. The Hall–Kier alpha value is -0.120. The number of hydrogen-bond donors (Lipinski definition) is 1. The van der Waals surface area contributed by atoms with Gasteiger partial charge in [0.25, 0.3) is 0 Å². The quantitative estimate of drug-likeness (QED) is 0.604.